The molecular weight excluding hydrogens is 311 g/mol. The van der Waals surface area contributed by atoms with Crippen LogP contribution in [0.2, 0.25) is 0 Å². The van der Waals surface area contributed by atoms with Crippen LogP contribution in [0.25, 0.3) is 0 Å². The Morgan fingerprint density at radius 3 is 2.52 bits per heavy atom. The fourth-order valence-corrected chi connectivity index (χ4v) is 2.11. The molecule has 0 aliphatic rings. The molecule has 0 amide bonds. The first-order valence-corrected chi connectivity index (χ1v) is 6.26. The average Bonchev–Trinajstić information content (AvgIpc) is 2.85. The van der Waals surface area contributed by atoms with Crippen LogP contribution in [-0.2, 0) is 6.18 Å². The molecule has 0 aliphatic heterocycles. The van der Waals surface area contributed by atoms with Crippen molar-refractivity contribution in [3.05, 3.63) is 50.2 Å². The predicted molar refractivity (Wildman–Crippen MR) is 67.9 cm³/mol. The van der Waals surface area contributed by atoms with Crippen molar-refractivity contribution in [3.63, 3.8) is 0 Å². The Kier molecular flexibility index (Phi) is 3.94. The zero-order valence-corrected chi connectivity index (χ0v) is 10.9. The Hall–Kier alpha value is -2.42. The number of carbonyl (C=O) groups excluding carboxylic acids is 1. The third-order valence-electron chi connectivity index (χ3n) is 2.42. The van der Waals surface area contributed by atoms with Crippen LogP contribution in [0, 0.1) is 10.1 Å². The molecule has 1 heterocycles. The number of nitro groups is 1. The van der Waals surface area contributed by atoms with Crippen LogP contribution in [0.1, 0.15) is 15.2 Å². The summed E-state index contributed by atoms with van der Waals surface area (Å²) in [6, 6.07) is 3.30. The van der Waals surface area contributed by atoms with Gasteiger partial charge < -0.3 is 4.74 Å². The van der Waals surface area contributed by atoms with Crippen molar-refractivity contribution in [1.29, 1.82) is 0 Å². The molecule has 2 aromatic rings. The summed E-state index contributed by atoms with van der Waals surface area (Å²) in [7, 11) is 0. The van der Waals surface area contributed by atoms with E-state index in [1.165, 1.54) is 11.4 Å². The van der Waals surface area contributed by atoms with E-state index in [4.69, 9.17) is 4.74 Å². The van der Waals surface area contributed by atoms with Crippen molar-refractivity contribution in [1.82, 2.24) is 0 Å². The largest absolute Gasteiger partial charge is 0.449 e. The topological polar surface area (TPSA) is 69.4 Å². The van der Waals surface area contributed by atoms with Crippen LogP contribution in [0.15, 0.2) is 29.6 Å². The molecule has 0 fully saturated rings. The van der Waals surface area contributed by atoms with E-state index < -0.39 is 22.4 Å². The monoisotopic (exact) mass is 317 g/mol. The second-order valence-corrected chi connectivity index (χ2v) is 4.78. The first-order chi connectivity index (χ1) is 9.81. The number of carbonyl (C=O) groups is 1. The van der Waals surface area contributed by atoms with Crippen molar-refractivity contribution in [3.8, 4) is 11.5 Å². The van der Waals surface area contributed by atoms with Gasteiger partial charge in [0, 0.05) is 17.5 Å². The van der Waals surface area contributed by atoms with Crippen LogP contribution >= 0.6 is 11.3 Å². The zero-order valence-electron chi connectivity index (χ0n) is 10.1. The van der Waals surface area contributed by atoms with Crippen LogP contribution in [-0.4, -0.2) is 11.2 Å². The quantitative estimate of drug-likeness (QED) is 0.479. The molecule has 0 bridgehead atoms. The fourth-order valence-electron chi connectivity index (χ4n) is 1.50. The van der Waals surface area contributed by atoms with Gasteiger partial charge in [-0.1, -0.05) is 0 Å². The number of alkyl halides is 3. The van der Waals surface area contributed by atoms with E-state index in [2.05, 4.69) is 0 Å². The van der Waals surface area contributed by atoms with Crippen LogP contribution in [0.5, 0.6) is 11.5 Å². The van der Waals surface area contributed by atoms with Crippen molar-refractivity contribution >= 4 is 23.3 Å². The van der Waals surface area contributed by atoms with Gasteiger partial charge in [0.1, 0.15) is 5.75 Å². The molecule has 0 N–H and O–H groups in total. The molecule has 21 heavy (non-hydrogen) atoms. The second-order valence-electron chi connectivity index (χ2n) is 3.84. The van der Waals surface area contributed by atoms with E-state index in [1.807, 2.05) is 0 Å². The first kappa shape index (κ1) is 15.0. The van der Waals surface area contributed by atoms with E-state index in [9.17, 15) is 28.1 Å². The van der Waals surface area contributed by atoms with Gasteiger partial charge in [0.2, 0.25) is 5.75 Å². The normalized spacial score (nSPS) is 11.2. The number of halogens is 3. The Labute approximate surface area is 119 Å². The van der Waals surface area contributed by atoms with Gasteiger partial charge in [-0.25, -0.2) is 0 Å². The maximum Gasteiger partial charge on any atom is 0.416 e. The van der Waals surface area contributed by atoms with Crippen molar-refractivity contribution in [2.24, 2.45) is 0 Å². The van der Waals surface area contributed by atoms with Gasteiger partial charge in [-0.2, -0.15) is 13.2 Å². The number of aldehydes is 1. The minimum atomic E-state index is -4.68. The summed E-state index contributed by atoms with van der Waals surface area (Å²) in [5.74, 6) is -0.187. The summed E-state index contributed by atoms with van der Waals surface area (Å²) in [6.07, 6.45) is -4.12. The highest BCUT2D eigenvalue weighted by Crippen LogP contribution is 2.38. The smallest absolute Gasteiger partial charge is 0.416 e. The van der Waals surface area contributed by atoms with Gasteiger partial charge in [-0.3, -0.25) is 14.9 Å². The Bertz CT molecular complexity index is 696. The lowest BCUT2D eigenvalue weighted by molar-refractivity contribution is -0.385. The molecule has 0 saturated heterocycles. The lowest BCUT2D eigenvalue weighted by Gasteiger charge is -2.09. The van der Waals surface area contributed by atoms with Gasteiger partial charge >= 0.3 is 11.9 Å². The van der Waals surface area contributed by atoms with Gasteiger partial charge in [-0.05, 0) is 12.1 Å². The molecule has 110 valence electrons. The third kappa shape index (κ3) is 3.37. The summed E-state index contributed by atoms with van der Waals surface area (Å²) >= 11 is 1.05. The highest BCUT2D eigenvalue weighted by Gasteiger charge is 2.33. The molecule has 1 aromatic carbocycles. The van der Waals surface area contributed by atoms with Gasteiger partial charge in [0.25, 0.3) is 0 Å². The number of rotatable bonds is 4. The zero-order chi connectivity index (χ0) is 15.6. The van der Waals surface area contributed by atoms with E-state index in [-0.39, 0.29) is 11.5 Å². The predicted octanol–water partition coefficient (Wildman–Crippen LogP) is 4.28. The second kappa shape index (κ2) is 5.52. The lowest BCUT2D eigenvalue weighted by Crippen LogP contribution is -2.06. The molecule has 0 radical (unpaired) electrons. The van der Waals surface area contributed by atoms with Gasteiger partial charge in [0.15, 0.2) is 6.29 Å². The first-order valence-electron chi connectivity index (χ1n) is 5.38. The van der Waals surface area contributed by atoms with Gasteiger partial charge in [-0.15, -0.1) is 11.3 Å². The minimum Gasteiger partial charge on any atom is -0.449 e. The molecule has 1 aromatic heterocycles. The number of ether oxygens (including phenoxy) is 1. The van der Waals surface area contributed by atoms with Crippen LogP contribution in [0.3, 0.4) is 0 Å². The number of hydrogen-bond acceptors (Lipinski definition) is 5. The molecular formula is C12H6F3NO4S. The average molecular weight is 317 g/mol. The Balaban J connectivity index is 2.39. The molecule has 0 atom stereocenters. The Morgan fingerprint density at radius 1 is 1.29 bits per heavy atom. The van der Waals surface area contributed by atoms with E-state index in [0.717, 1.165) is 17.4 Å². The number of hydrogen-bond donors (Lipinski definition) is 0. The van der Waals surface area contributed by atoms with Crippen LogP contribution in [0.4, 0.5) is 18.9 Å². The lowest BCUT2D eigenvalue weighted by atomic mass is 10.2. The van der Waals surface area contributed by atoms with E-state index in [1.54, 1.807) is 0 Å². The molecule has 0 aliphatic carbocycles. The summed E-state index contributed by atoms with van der Waals surface area (Å²) < 4.78 is 42.8. The molecule has 0 unspecified atom stereocenters. The standard InChI is InChI=1S/C12H6F3NO4S/c13-12(14,15)7-1-2-11(10(3-7)16(18)19)20-8-4-9(5-17)21-6-8/h1-6H. The molecule has 9 heteroatoms. The maximum atomic E-state index is 12.5. The van der Waals surface area contributed by atoms with Crippen molar-refractivity contribution in [2.75, 3.05) is 0 Å². The van der Waals surface area contributed by atoms with Crippen molar-refractivity contribution < 1.29 is 27.6 Å². The molecule has 0 spiro atoms. The minimum absolute atomic E-state index is 0.143. The molecule has 2 rings (SSSR count). The van der Waals surface area contributed by atoms with Gasteiger partial charge in [0.05, 0.1) is 15.4 Å². The SMILES string of the molecule is O=Cc1cc(Oc2ccc(C(F)(F)F)cc2[N+](=O)[O-])cs1. The molecule has 0 saturated carbocycles. The fraction of sp³-hybridized carbons (Fsp3) is 0.0833. The number of thiophene rings is 1. The third-order valence-corrected chi connectivity index (χ3v) is 3.26. The van der Waals surface area contributed by atoms with E-state index >= 15 is 0 Å². The Morgan fingerprint density at radius 2 is 2.00 bits per heavy atom. The number of benzene rings is 1. The van der Waals surface area contributed by atoms with Crippen LogP contribution < -0.4 is 4.74 Å². The number of nitrogens with zero attached hydrogens (tertiary/aromatic N) is 1. The maximum absolute atomic E-state index is 12.5. The summed E-state index contributed by atoms with van der Waals surface area (Å²) in [5, 5.41) is 12.3. The summed E-state index contributed by atoms with van der Waals surface area (Å²) in [5.41, 5.74) is -1.94. The van der Waals surface area contributed by atoms with Crippen molar-refractivity contribution in [2.45, 2.75) is 6.18 Å². The number of nitro benzene ring substituents is 1. The highest BCUT2D eigenvalue weighted by atomic mass is 32.1. The summed E-state index contributed by atoms with van der Waals surface area (Å²) in [4.78, 5) is 20.8. The van der Waals surface area contributed by atoms with E-state index in [0.29, 0.717) is 23.3 Å². The summed E-state index contributed by atoms with van der Waals surface area (Å²) in [6.45, 7) is 0. The highest BCUT2D eigenvalue weighted by molar-refractivity contribution is 7.11. The molecule has 5 nitrogen and oxygen atoms in total.